The van der Waals surface area contributed by atoms with Crippen LogP contribution < -0.4 is 19.5 Å². The van der Waals surface area contributed by atoms with Gasteiger partial charge >= 0.3 is 0 Å². The van der Waals surface area contributed by atoms with E-state index < -0.39 is 0 Å². The smallest absolute Gasteiger partial charge is 0.273 e. The van der Waals surface area contributed by atoms with Gasteiger partial charge in [-0.05, 0) is 23.8 Å². The fraction of sp³-hybridized carbons (Fsp3) is 0.286. The molecule has 2 aromatic heterocycles. The van der Waals surface area contributed by atoms with Crippen molar-refractivity contribution >= 4 is 5.91 Å². The van der Waals surface area contributed by atoms with Gasteiger partial charge in [-0.2, -0.15) is 0 Å². The fourth-order valence-electron chi connectivity index (χ4n) is 2.62. The van der Waals surface area contributed by atoms with Crippen molar-refractivity contribution in [2.75, 3.05) is 34.5 Å². The maximum absolute atomic E-state index is 12.4. The Kier molecular flexibility index (Phi) is 7.23. The van der Waals surface area contributed by atoms with Gasteiger partial charge in [0.05, 0.1) is 26.4 Å². The van der Waals surface area contributed by atoms with Crippen LogP contribution in [-0.2, 0) is 11.3 Å². The third-order valence-corrected chi connectivity index (χ3v) is 4.20. The minimum absolute atomic E-state index is 0.155. The number of methoxy groups -OCH3 is 3. The molecule has 9 heteroatoms. The standard InChI is InChI=1S/C21H23N3O6/c1-26-8-9-29-20-7-4-14(12-22-20)13-23-21(25)17-11-19(30-24-17)16-10-15(27-2)5-6-18(16)28-3/h4-7,10-12H,8-9,13H2,1-3H3,(H,23,25). The van der Waals surface area contributed by atoms with Crippen LogP contribution >= 0.6 is 0 Å². The van der Waals surface area contributed by atoms with Crippen molar-refractivity contribution in [2.24, 2.45) is 0 Å². The van der Waals surface area contributed by atoms with E-state index in [1.54, 1.807) is 57.9 Å². The van der Waals surface area contributed by atoms with Crippen molar-refractivity contribution in [2.45, 2.75) is 6.54 Å². The summed E-state index contributed by atoms with van der Waals surface area (Å²) in [4.78, 5) is 16.6. The Morgan fingerprint density at radius 2 is 1.93 bits per heavy atom. The van der Waals surface area contributed by atoms with E-state index in [4.69, 9.17) is 23.5 Å². The van der Waals surface area contributed by atoms with Gasteiger partial charge in [0.25, 0.3) is 5.91 Å². The average Bonchev–Trinajstić information content (AvgIpc) is 3.28. The van der Waals surface area contributed by atoms with E-state index >= 15 is 0 Å². The summed E-state index contributed by atoms with van der Waals surface area (Å²) in [6, 6.07) is 10.4. The first-order valence-corrected chi connectivity index (χ1v) is 9.18. The molecule has 3 aromatic rings. The van der Waals surface area contributed by atoms with Crippen LogP contribution in [0.25, 0.3) is 11.3 Å². The third-order valence-electron chi connectivity index (χ3n) is 4.20. The zero-order valence-electron chi connectivity index (χ0n) is 17.0. The van der Waals surface area contributed by atoms with E-state index in [1.807, 2.05) is 6.07 Å². The highest BCUT2D eigenvalue weighted by Crippen LogP contribution is 2.33. The molecule has 2 heterocycles. The molecule has 0 aliphatic rings. The number of pyridine rings is 1. The Morgan fingerprint density at radius 3 is 2.63 bits per heavy atom. The van der Waals surface area contributed by atoms with Crippen LogP contribution in [0.4, 0.5) is 0 Å². The molecule has 0 saturated heterocycles. The fourth-order valence-corrected chi connectivity index (χ4v) is 2.62. The number of nitrogens with zero attached hydrogens (tertiary/aromatic N) is 2. The van der Waals surface area contributed by atoms with Gasteiger partial charge in [-0.3, -0.25) is 4.79 Å². The molecule has 0 radical (unpaired) electrons. The Bertz CT molecular complexity index is 971. The normalized spacial score (nSPS) is 10.5. The van der Waals surface area contributed by atoms with Crippen LogP contribution in [0.3, 0.4) is 0 Å². The van der Waals surface area contributed by atoms with Crippen molar-refractivity contribution in [3.63, 3.8) is 0 Å². The minimum atomic E-state index is -0.368. The second kappa shape index (κ2) is 10.3. The first kappa shape index (κ1) is 21.1. The molecule has 0 atom stereocenters. The first-order chi connectivity index (χ1) is 14.6. The van der Waals surface area contributed by atoms with Gasteiger partial charge in [0, 0.05) is 32.0 Å². The number of hydrogen-bond donors (Lipinski definition) is 1. The van der Waals surface area contributed by atoms with Gasteiger partial charge < -0.3 is 28.8 Å². The van der Waals surface area contributed by atoms with E-state index in [0.717, 1.165) is 5.56 Å². The number of carbonyl (C=O) groups is 1. The minimum Gasteiger partial charge on any atom is -0.497 e. The zero-order chi connectivity index (χ0) is 21.3. The Hall–Kier alpha value is -3.59. The summed E-state index contributed by atoms with van der Waals surface area (Å²) in [5.74, 6) is 1.74. The predicted molar refractivity (Wildman–Crippen MR) is 108 cm³/mol. The van der Waals surface area contributed by atoms with Gasteiger partial charge in [-0.1, -0.05) is 11.2 Å². The number of amides is 1. The van der Waals surface area contributed by atoms with Crippen molar-refractivity contribution in [3.05, 3.63) is 53.9 Å². The molecule has 3 rings (SSSR count). The van der Waals surface area contributed by atoms with Gasteiger partial charge in [0.2, 0.25) is 5.88 Å². The van der Waals surface area contributed by atoms with Crippen LogP contribution in [0, 0.1) is 0 Å². The lowest BCUT2D eigenvalue weighted by Crippen LogP contribution is -2.23. The largest absolute Gasteiger partial charge is 0.497 e. The lowest BCUT2D eigenvalue weighted by atomic mass is 10.1. The molecule has 0 saturated carbocycles. The molecule has 0 bridgehead atoms. The van der Waals surface area contributed by atoms with E-state index in [2.05, 4.69) is 15.5 Å². The van der Waals surface area contributed by atoms with Gasteiger partial charge in [-0.25, -0.2) is 4.98 Å². The summed E-state index contributed by atoms with van der Waals surface area (Å²) in [6.07, 6.45) is 1.64. The number of hydrogen-bond acceptors (Lipinski definition) is 8. The summed E-state index contributed by atoms with van der Waals surface area (Å²) in [7, 11) is 4.73. The molecule has 0 fully saturated rings. The number of aromatic nitrogens is 2. The quantitative estimate of drug-likeness (QED) is 0.506. The number of carbonyl (C=O) groups excluding carboxylic acids is 1. The van der Waals surface area contributed by atoms with E-state index in [9.17, 15) is 4.79 Å². The Labute approximate surface area is 173 Å². The molecular weight excluding hydrogens is 390 g/mol. The van der Waals surface area contributed by atoms with Gasteiger partial charge in [0.1, 0.15) is 18.1 Å². The molecule has 1 amide bonds. The summed E-state index contributed by atoms with van der Waals surface area (Å²) in [6.45, 7) is 1.20. The highest BCUT2D eigenvalue weighted by Gasteiger charge is 2.17. The molecule has 1 aromatic carbocycles. The van der Waals surface area contributed by atoms with Crippen molar-refractivity contribution in [1.82, 2.24) is 15.5 Å². The van der Waals surface area contributed by atoms with Gasteiger partial charge in [0.15, 0.2) is 11.5 Å². The maximum atomic E-state index is 12.4. The van der Waals surface area contributed by atoms with Crippen molar-refractivity contribution < 1.29 is 28.3 Å². The molecule has 0 unspecified atom stereocenters. The predicted octanol–water partition coefficient (Wildman–Crippen LogP) is 2.71. The molecule has 9 nitrogen and oxygen atoms in total. The van der Waals surface area contributed by atoms with Crippen LogP contribution in [0.2, 0.25) is 0 Å². The second-order valence-corrected chi connectivity index (χ2v) is 6.17. The molecule has 0 aliphatic heterocycles. The van der Waals surface area contributed by atoms with Crippen LogP contribution in [0.15, 0.2) is 47.1 Å². The molecular formula is C21H23N3O6. The average molecular weight is 413 g/mol. The van der Waals surface area contributed by atoms with Crippen LogP contribution in [0.1, 0.15) is 16.1 Å². The SMILES string of the molecule is COCCOc1ccc(CNC(=O)c2cc(-c3cc(OC)ccc3OC)on2)cn1. The Morgan fingerprint density at radius 1 is 1.07 bits per heavy atom. The highest BCUT2D eigenvalue weighted by molar-refractivity contribution is 5.93. The molecule has 158 valence electrons. The summed E-state index contributed by atoms with van der Waals surface area (Å²) in [5, 5.41) is 6.65. The lowest BCUT2D eigenvalue weighted by molar-refractivity contribution is 0.0942. The first-order valence-electron chi connectivity index (χ1n) is 9.18. The molecule has 0 aliphatic carbocycles. The second-order valence-electron chi connectivity index (χ2n) is 6.17. The summed E-state index contributed by atoms with van der Waals surface area (Å²) in [5.41, 5.74) is 1.61. The number of ether oxygens (including phenoxy) is 4. The number of rotatable bonds is 10. The molecule has 1 N–H and O–H groups in total. The monoisotopic (exact) mass is 413 g/mol. The van der Waals surface area contributed by atoms with E-state index in [0.29, 0.717) is 41.9 Å². The van der Waals surface area contributed by atoms with E-state index in [1.165, 1.54) is 0 Å². The summed E-state index contributed by atoms with van der Waals surface area (Å²) < 4.78 is 26.3. The highest BCUT2D eigenvalue weighted by atomic mass is 16.5. The Balaban J connectivity index is 1.62. The molecule has 30 heavy (non-hydrogen) atoms. The zero-order valence-corrected chi connectivity index (χ0v) is 17.0. The van der Waals surface area contributed by atoms with Crippen molar-refractivity contribution in [3.8, 4) is 28.7 Å². The third kappa shape index (κ3) is 5.26. The van der Waals surface area contributed by atoms with Crippen LogP contribution in [0.5, 0.6) is 17.4 Å². The number of benzene rings is 1. The topological polar surface area (TPSA) is 105 Å². The van der Waals surface area contributed by atoms with Crippen LogP contribution in [-0.4, -0.2) is 50.6 Å². The molecule has 0 spiro atoms. The summed E-state index contributed by atoms with van der Waals surface area (Å²) >= 11 is 0. The van der Waals surface area contributed by atoms with Crippen molar-refractivity contribution in [1.29, 1.82) is 0 Å². The van der Waals surface area contributed by atoms with Gasteiger partial charge in [-0.15, -0.1) is 0 Å². The van der Waals surface area contributed by atoms with E-state index in [-0.39, 0.29) is 18.1 Å². The number of nitrogens with one attached hydrogen (secondary N) is 1. The lowest BCUT2D eigenvalue weighted by Gasteiger charge is -2.07. The maximum Gasteiger partial charge on any atom is 0.273 e.